The van der Waals surface area contributed by atoms with E-state index in [9.17, 15) is 0 Å². The number of hydrogen-bond acceptors (Lipinski definition) is 1. The van der Waals surface area contributed by atoms with Gasteiger partial charge in [0.25, 0.3) is 0 Å². The molecule has 0 atom stereocenters. The summed E-state index contributed by atoms with van der Waals surface area (Å²) in [6, 6.07) is 23.3. The Kier molecular flexibility index (Phi) is 3.93. The van der Waals surface area contributed by atoms with E-state index in [2.05, 4.69) is 77.1 Å². The summed E-state index contributed by atoms with van der Waals surface area (Å²) in [6.07, 6.45) is 1.95. The number of benzene rings is 2. The van der Waals surface area contributed by atoms with Gasteiger partial charge in [-0.25, -0.2) is 0 Å². The van der Waals surface area contributed by atoms with Crippen LogP contribution in [0.1, 0.15) is 5.56 Å². The van der Waals surface area contributed by atoms with Crippen molar-refractivity contribution in [1.29, 1.82) is 0 Å². The van der Waals surface area contributed by atoms with Crippen molar-refractivity contribution in [3.8, 4) is 22.4 Å². The van der Waals surface area contributed by atoms with Crippen molar-refractivity contribution in [2.75, 3.05) is 0 Å². The molecule has 1 nitrogen and oxygen atoms in total. The molecule has 1 aromatic heterocycles. The van der Waals surface area contributed by atoms with Crippen molar-refractivity contribution >= 4 is 23.5 Å². The maximum atomic E-state index is 4.60. The minimum Gasteiger partial charge on any atom is -0.256 e. The molecule has 22 heavy (non-hydrogen) atoms. The molecular formula is C18H18B3N. The van der Waals surface area contributed by atoms with Crippen LogP contribution in [-0.2, 0) is 5.11 Å². The van der Waals surface area contributed by atoms with Crippen LogP contribution in [0, 0.1) is 0 Å². The zero-order chi connectivity index (χ0) is 15.6. The average Bonchev–Trinajstić information content (AvgIpc) is 2.55. The quantitative estimate of drug-likeness (QED) is 0.662. The van der Waals surface area contributed by atoms with E-state index in [1.54, 1.807) is 0 Å². The first kappa shape index (κ1) is 14.7. The van der Waals surface area contributed by atoms with Gasteiger partial charge < -0.3 is 0 Å². The minimum atomic E-state index is 0.188. The maximum absolute atomic E-state index is 4.60. The number of pyridine rings is 1. The minimum absolute atomic E-state index is 0.188. The number of hydrogen-bond donors (Lipinski definition) is 0. The second kappa shape index (κ2) is 5.88. The molecule has 0 saturated heterocycles. The lowest BCUT2D eigenvalue weighted by Crippen LogP contribution is -2.26. The fourth-order valence-corrected chi connectivity index (χ4v) is 2.51. The number of aromatic nitrogens is 1. The Bertz CT molecular complexity index is 745. The van der Waals surface area contributed by atoms with E-state index in [1.165, 1.54) is 11.1 Å². The zero-order valence-electron chi connectivity index (χ0n) is 13.4. The molecule has 0 spiro atoms. The molecule has 1 heterocycles. The third kappa shape index (κ3) is 3.17. The van der Waals surface area contributed by atoms with Crippen LogP contribution < -0.4 is 0 Å². The molecule has 3 rings (SSSR count). The fraction of sp³-hybridized carbons (Fsp3) is 0.0556. The Morgan fingerprint density at radius 3 is 1.82 bits per heavy atom. The SMILES string of the molecule is BC(B)(B)c1ccc(-c2ccc(-c3ccccc3)nc2)cc1. The summed E-state index contributed by atoms with van der Waals surface area (Å²) in [7, 11) is 6.70. The van der Waals surface area contributed by atoms with E-state index in [0.29, 0.717) is 0 Å². The van der Waals surface area contributed by atoms with Crippen molar-refractivity contribution in [3.63, 3.8) is 0 Å². The Balaban J connectivity index is 1.87. The summed E-state index contributed by atoms with van der Waals surface area (Å²) >= 11 is 0. The summed E-state index contributed by atoms with van der Waals surface area (Å²) in [5.74, 6) is 0. The van der Waals surface area contributed by atoms with Crippen molar-refractivity contribution < 1.29 is 0 Å². The van der Waals surface area contributed by atoms with Gasteiger partial charge in [-0.3, -0.25) is 4.98 Å². The second-order valence-corrected chi connectivity index (χ2v) is 6.63. The highest BCUT2D eigenvalue weighted by atomic mass is 14.7. The Hall–Kier alpha value is -2.22. The highest BCUT2D eigenvalue weighted by molar-refractivity contribution is 6.58. The smallest absolute Gasteiger partial charge is 0.0955 e. The molecule has 0 fully saturated rings. The zero-order valence-corrected chi connectivity index (χ0v) is 13.4. The summed E-state index contributed by atoms with van der Waals surface area (Å²) in [6.45, 7) is 0. The normalized spacial score (nSPS) is 11.3. The van der Waals surface area contributed by atoms with Gasteiger partial charge in [0.05, 0.1) is 29.2 Å². The van der Waals surface area contributed by atoms with E-state index in [-0.39, 0.29) is 5.11 Å². The Morgan fingerprint density at radius 2 is 1.27 bits per heavy atom. The van der Waals surface area contributed by atoms with Gasteiger partial charge in [0.1, 0.15) is 0 Å². The van der Waals surface area contributed by atoms with Crippen molar-refractivity contribution in [1.82, 2.24) is 4.98 Å². The first-order valence-electron chi connectivity index (χ1n) is 7.66. The van der Waals surface area contributed by atoms with E-state index in [1.807, 2.05) is 24.4 Å². The van der Waals surface area contributed by atoms with Crippen LogP contribution in [0.2, 0.25) is 0 Å². The molecule has 0 saturated carbocycles. The standard InChI is InChI=1S/C18H18B3N/c19-18(20,21)16-9-6-13(7-10-16)15-8-11-17(22-12-15)14-4-2-1-3-5-14/h1-12H,19-21H2. The Labute approximate surface area is 135 Å². The Morgan fingerprint density at radius 1 is 0.636 bits per heavy atom. The molecule has 0 amide bonds. The summed E-state index contributed by atoms with van der Waals surface area (Å²) in [5.41, 5.74) is 5.87. The van der Waals surface area contributed by atoms with E-state index in [0.717, 1.165) is 16.8 Å². The lowest BCUT2D eigenvalue weighted by atomic mass is 9.40. The molecule has 3 aromatic rings. The first-order valence-corrected chi connectivity index (χ1v) is 7.66. The molecule has 0 aliphatic heterocycles. The van der Waals surface area contributed by atoms with Gasteiger partial charge in [0, 0.05) is 17.3 Å². The molecule has 0 aliphatic carbocycles. The molecule has 0 radical (unpaired) electrons. The van der Waals surface area contributed by atoms with E-state index >= 15 is 0 Å². The lowest BCUT2D eigenvalue weighted by Gasteiger charge is -2.19. The van der Waals surface area contributed by atoms with Crippen LogP contribution in [-0.4, -0.2) is 28.5 Å². The van der Waals surface area contributed by atoms with Gasteiger partial charge in [-0.2, -0.15) is 0 Å². The average molecular weight is 281 g/mol. The van der Waals surface area contributed by atoms with Crippen LogP contribution in [0.15, 0.2) is 72.9 Å². The molecular weight excluding hydrogens is 263 g/mol. The van der Waals surface area contributed by atoms with Crippen LogP contribution >= 0.6 is 0 Å². The number of nitrogens with zero attached hydrogens (tertiary/aromatic N) is 1. The summed E-state index contributed by atoms with van der Waals surface area (Å²) in [5, 5.41) is 0.188. The van der Waals surface area contributed by atoms with Gasteiger partial charge in [-0.15, -0.1) is 0 Å². The van der Waals surface area contributed by atoms with E-state index in [4.69, 9.17) is 0 Å². The van der Waals surface area contributed by atoms with Crippen LogP contribution in [0.25, 0.3) is 22.4 Å². The maximum Gasteiger partial charge on any atom is 0.0955 e. The third-order valence-electron chi connectivity index (χ3n) is 3.92. The first-order chi connectivity index (χ1) is 10.5. The highest BCUT2D eigenvalue weighted by Crippen LogP contribution is 2.24. The molecule has 0 N–H and O–H groups in total. The predicted molar refractivity (Wildman–Crippen MR) is 102 cm³/mol. The van der Waals surface area contributed by atoms with Gasteiger partial charge in [0.2, 0.25) is 0 Å². The number of rotatable bonds is 3. The molecule has 104 valence electrons. The predicted octanol–water partition coefficient (Wildman–Crippen LogP) is 1.43. The third-order valence-corrected chi connectivity index (χ3v) is 3.92. The monoisotopic (exact) mass is 281 g/mol. The molecule has 0 aliphatic rings. The largest absolute Gasteiger partial charge is 0.256 e. The summed E-state index contributed by atoms with van der Waals surface area (Å²) in [4.78, 5) is 4.60. The van der Waals surface area contributed by atoms with Gasteiger partial charge >= 0.3 is 0 Å². The second-order valence-electron chi connectivity index (χ2n) is 6.63. The van der Waals surface area contributed by atoms with Crippen LogP contribution in [0.5, 0.6) is 0 Å². The van der Waals surface area contributed by atoms with Crippen molar-refractivity contribution in [3.05, 3.63) is 78.5 Å². The molecule has 0 unspecified atom stereocenters. The summed E-state index contributed by atoms with van der Waals surface area (Å²) < 4.78 is 0. The van der Waals surface area contributed by atoms with Crippen molar-refractivity contribution in [2.45, 2.75) is 5.11 Å². The van der Waals surface area contributed by atoms with Crippen LogP contribution in [0.4, 0.5) is 0 Å². The van der Waals surface area contributed by atoms with Gasteiger partial charge in [0.15, 0.2) is 0 Å². The van der Waals surface area contributed by atoms with Crippen LogP contribution in [0.3, 0.4) is 0 Å². The molecule has 4 heteroatoms. The highest BCUT2D eigenvalue weighted by Gasteiger charge is 2.13. The topological polar surface area (TPSA) is 12.9 Å². The van der Waals surface area contributed by atoms with Crippen molar-refractivity contribution in [2.24, 2.45) is 0 Å². The van der Waals surface area contributed by atoms with Gasteiger partial charge in [-0.1, -0.05) is 71.3 Å². The molecule has 0 bridgehead atoms. The lowest BCUT2D eigenvalue weighted by molar-refractivity contribution is 1.23. The molecule has 2 aromatic carbocycles. The van der Waals surface area contributed by atoms with E-state index < -0.39 is 0 Å². The van der Waals surface area contributed by atoms with Gasteiger partial charge in [-0.05, 0) is 11.6 Å². The fourth-order valence-electron chi connectivity index (χ4n) is 2.51.